The van der Waals surface area contributed by atoms with Gasteiger partial charge >= 0.3 is 5.97 Å². The number of carbonyl (C=O) groups excluding carboxylic acids is 2. The minimum absolute atomic E-state index is 0.110. The number of carbonyl (C=O) groups is 2. The average molecular weight is 420 g/mol. The first kappa shape index (κ1) is 21.5. The SMILES string of the molecule is CCOC(=O)c1c(C)c(C)n(Cc2cccs2)c1NC(=O)CN1CCO[C@H](C)C1. The Bertz CT molecular complexity index is 860. The molecule has 1 fully saturated rings. The van der Waals surface area contributed by atoms with Crippen LogP contribution in [0.15, 0.2) is 17.5 Å². The maximum atomic E-state index is 12.8. The molecule has 0 unspecified atom stereocenters. The van der Waals surface area contributed by atoms with Crippen LogP contribution < -0.4 is 5.32 Å². The van der Waals surface area contributed by atoms with Crippen LogP contribution in [-0.4, -0.2) is 60.3 Å². The van der Waals surface area contributed by atoms with Crippen molar-refractivity contribution in [2.75, 3.05) is 38.2 Å². The summed E-state index contributed by atoms with van der Waals surface area (Å²) in [5.41, 5.74) is 2.21. The number of nitrogens with one attached hydrogen (secondary N) is 1. The van der Waals surface area contributed by atoms with E-state index in [1.807, 2.05) is 42.9 Å². The Hall–Kier alpha value is -2.16. The summed E-state index contributed by atoms with van der Waals surface area (Å²) in [4.78, 5) is 28.7. The van der Waals surface area contributed by atoms with Gasteiger partial charge in [0.2, 0.25) is 5.91 Å². The first-order chi connectivity index (χ1) is 13.9. The number of aromatic nitrogens is 1. The number of rotatable bonds is 7. The fourth-order valence-electron chi connectivity index (χ4n) is 3.61. The summed E-state index contributed by atoms with van der Waals surface area (Å²) in [6.07, 6.45) is 0.110. The molecule has 29 heavy (non-hydrogen) atoms. The summed E-state index contributed by atoms with van der Waals surface area (Å²) in [6, 6.07) is 4.04. The molecule has 2 aromatic heterocycles. The zero-order valence-corrected chi connectivity index (χ0v) is 18.3. The predicted molar refractivity (Wildman–Crippen MR) is 114 cm³/mol. The number of hydrogen-bond acceptors (Lipinski definition) is 6. The van der Waals surface area contributed by atoms with E-state index in [1.54, 1.807) is 18.3 Å². The second-order valence-electron chi connectivity index (χ2n) is 7.28. The van der Waals surface area contributed by atoms with Gasteiger partial charge in [-0.25, -0.2) is 4.79 Å². The van der Waals surface area contributed by atoms with Crippen molar-refractivity contribution in [1.82, 2.24) is 9.47 Å². The van der Waals surface area contributed by atoms with E-state index in [9.17, 15) is 9.59 Å². The number of amides is 1. The number of hydrogen-bond donors (Lipinski definition) is 1. The maximum Gasteiger partial charge on any atom is 0.342 e. The number of nitrogens with zero attached hydrogens (tertiary/aromatic N) is 2. The average Bonchev–Trinajstić information content (AvgIpc) is 3.25. The second-order valence-corrected chi connectivity index (χ2v) is 8.32. The first-order valence-corrected chi connectivity index (χ1v) is 10.8. The Morgan fingerprint density at radius 3 is 2.83 bits per heavy atom. The lowest BCUT2D eigenvalue weighted by Gasteiger charge is -2.30. The topological polar surface area (TPSA) is 72.8 Å². The van der Waals surface area contributed by atoms with Gasteiger partial charge < -0.3 is 19.4 Å². The summed E-state index contributed by atoms with van der Waals surface area (Å²) in [6.45, 7) is 10.8. The number of morpholine rings is 1. The van der Waals surface area contributed by atoms with Crippen molar-refractivity contribution < 1.29 is 19.1 Å². The van der Waals surface area contributed by atoms with Gasteiger partial charge in [-0.1, -0.05) is 6.07 Å². The Morgan fingerprint density at radius 2 is 2.17 bits per heavy atom. The van der Waals surface area contributed by atoms with Crippen molar-refractivity contribution in [3.63, 3.8) is 0 Å². The number of anilines is 1. The van der Waals surface area contributed by atoms with Crippen LogP contribution in [0.4, 0.5) is 5.82 Å². The molecular weight excluding hydrogens is 390 g/mol. The van der Waals surface area contributed by atoms with Gasteiger partial charge in [-0.2, -0.15) is 0 Å². The zero-order valence-electron chi connectivity index (χ0n) is 17.5. The van der Waals surface area contributed by atoms with Gasteiger partial charge in [-0.15, -0.1) is 11.3 Å². The van der Waals surface area contributed by atoms with Crippen LogP contribution in [0, 0.1) is 13.8 Å². The zero-order chi connectivity index (χ0) is 21.0. The van der Waals surface area contributed by atoms with Gasteiger partial charge in [0, 0.05) is 23.7 Å². The smallest absolute Gasteiger partial charge is 0.342 e. The third-order valence-electron chi connectivity index (χ3n) is 5.15. The highest BCUT2D eigenvalue weighted by atomic mass is 32.1. The van der Waals surface area contributed by atoms with Crippen LogP contribution >= 0.6 is 11.3 Å². The molecule has 1 N–H and O–H groups in total. The third-order valence-corrected chi connectivity index (χ3v) is 6.01. The molecule has 2 aromatic rings. The van der Waals surface area contributed by atoms with Crippen LogP contribution in [0.3, 0.4) is 0 Å². The highest BCUT2D eigenvalue weighted by molar-refractivity contribution is 7.09. The lowest BCUT2D eigenvalue weighted by Crippen LogP contribution is -2.44. The molecule has 0 aromatic carbocycles. The fraction of sp³-hybridized carbons (Fsp3) is 0.524. The van der Waals surface area contributed by atoms with Gasteiger partial charge in [-0.3, -0.25) is 9.69 Å². The molecule has 3 rings (SSSR count). The minimum Gasteiger partial charge on any atom is -0.462 e. The van der Waals surface area contributed by atoms with Crippen molar-refractivity contribution in [3.05, 3.63) is 39.2 Å². The molecule has 1 aliphatic heterocycles. The van der Waals surface area contributed by atoms with Crippen molar-refractivity contribution in [1.29, 1.82) is 0 Å². The molecule has 7 nitrogen and oxygen atoms in total. The molecule has 0 radical (unpaired) electrons. The highest BCUT2D eigenvalue weighted by Crippen LogP contribution is 2.29. The van der Waals surface area contributed by atoms with E-state index < -0.39 is 5.97 Å². The number of ether oxygens (including phenoxy) is 2. The van der Waals surface area contributed by atoms with E-state index in [4.69, 9.17) is 9.47 Å². The molecule has 1 saturated heterocycles. The molecule has 0 spiro atoms. The van der Waals surface area contributed by atoms with E-state index >= 15 is 0 Å². The molecule has 0 bridgehead atoms. The Morgan fingerprint density at radius 1 is 1.38 bits per heavy atom. The Labute approximate surface area is 175 Å². The summed E-state index contributed by atoms with van der Waals surface area (Å²) in [5.74, 6) is -0.0407. The lowest BCUT2D eigenvalue weighted by molar-refractivity contribution is -0.119. The summed E-state index contributed by atoms with van der Waals surface area (Å²) in [5, 5.41) is 5.02. The molecule has 1 aliphatic rings. The molecular formula is C21H29N3O4S. The number of esters is 1. The van der Waals surface area contributed by atoms with Crippen LogP contribution in [0.2, 0.25) is 0 Å². The Balaban J connectivity index is 1.88. The summed E-state index contributed by atoms with van der Waals surface area (Å²) < 4.78 is 12.8. The van der Waals surface area contributed by atoms with Crippen LogP contribution in [0.5, 0.6) is 0 Å². The first-order valence-electron chi connectivity index (χ1n) is 9.93. The Kier molecular flexibility index (Phi) is 7.10. The molecule has 8 heteroatoms. The normalized spacial score (nSPS) is 17.3. The van der Waals surface area contributed by atoms with E-state index in [2.05, 4.69) is 10.2 Å². The van der Waals surface area contributed by atoms with Gasteiger partial charge in [0.25, 0.3) is 0 Å². The fourth-order valence-corrected chi connectivity index (χ4v) is 4.30. The quantitative estimate of drug-likeness (QED) is 0.699. The van der Waals surface area contributed by atoms with E-state index in [1.165, 1.54) is 0 Å². The lowest BCUT2D eigenvalue weighted by atomic mass is 10.1. The molecule has 0 saturated carbocycles. The molecule has 0 aliphatic carbocycles. The van der Waals surface area contributed by atoms with Crippen LogP contribution in [0.25, 0.3) is 0 Å². The maximum absolute atomic E-state index is 12.8. The summed E-state index contributed by atoms with van der Waals surface area (Å²) in [7, 11) is 0. The van der Waals surface area contributed by atoms with Gasteiger partial charge in [-0.05, 0) is 44.7 Å². The second kappa shape index (κ2) is 9.56. The van der Waals surface area contributed by atoms with Crippen LogP contribution in [0.1, 0.15) is 40.3 Å². The van der Waals surface area contributed by atoms with Crippen molar-refractivity contribution in [2.45, 2.75) is 40.3 Å². The highest BCUT2D eigenvalue weighted by Gasteiger charge is 2.27. The number of thiophene rings is 1. The summed E-state index contributed by atoms with van der Waals surface area (Å²) >= 11 is 1.64. The van der Waals surface area contributed by atoms with E-state index in [-0.39, 0.29) is 25.2 Å². The van der Waals surface area contributed by atoms with E-state index in [0.717, 1.165) is 22.7 Å². The molecule has 1 amide bonds. The molecule has 1 atom stereocenters. The van der Waals surface area contributed by atoms with Crippen molar-refractivity contribution >= 4 is 29.0 Å². The third kappa shape index (κ3) is 5.07. The van der Waals surface area contributed by atoms with Crippen LogP contribution in [-0.2, 0) is 20.8 Å². The standard InChI is InChI=1S/C21H29N3O4S/c1-5-27-21(26)19-15(3)16(4)24(12-17-7-6-10-29-17)20(19)22-18(25)13-23-8-9-28-14(2)11-23/h6-7,10,14H,5,8-9,11-13H2,1-4H3,(H,22,25)/t14-/m1/s1. The predicted octanol–water partition coefficient (Wildman–Crippen LogP) is 3.05. The van der Waals surface area contributed by atoms with E-state index in [0.29, 0.717) is 31.1 Å². The monoisotopic (exact) mass is 419 g/mol. The van der Waals surface area contributed by atoms with Gasteiger partial charge in [0.15, 0.2) is 0 Å². The van der Waals surface area contributed by atoms with Crippen molar-refractivity contribution in [2.24, 2.45) is 0 Å². The molecule has 3 heterocycles. The van der Waals surface area contributed by atoms with Gasteiger partial charge in [0.05, 0.1) is 32.4 Å². The largest absolute Gasteiger partial charge is 0.462 e. The molecule has 158 valence electrons. The van der Waals surface area contributed by atoms with Gasteiger partial charge in [0.1, 0.15) is 11.4 Å². The van der Waals surface area contributed by atoms with Crippen molar-refractivity contribution in [3.8, 4) is 0 Å². The minimum atomic E-state index is -0.409.